The molecule has 4 fully saturated rings. The Bertz CT molecular complexity index is 1790. The van der Waals surface area contributed by atoms with Crippen LogP contribution in [0.2, 0.25) is 0 Å². The molecule has 4 saturated heterocycles. The first-order valence-electron chi connectivity index (χ1n) is 19.7. The number of amides is 9. The summed E-state index contributed by atoms with van der Waals surface area (Å²) in [7, 11) is 0. The Morgan fingerprint density at radius 1 is 0.793 bits per heavy atom. The Hall–Kier alpha value is -5.24. The third kappa shape index (κ3) is 11.2. The van der Waals surface area contributed by atoms with E-state index in [-0.39, 0.29) is 94.0 Å². The molecule has 6 rings (SSSR count). The Balaban J connectivity index is 0.830. The quantitative estimate of drug-likeness (QED) is 0.0533. The summed E-state index contributed by atoms with van der Waals surface area (Å²) in [5.74, 6) is -1.38. The highest BCUT2D eigenvalue weighted by molar-refractivity contribution is 8.00. The number of nitrogens with zero attached hydrogens (tertiary/aromatic N) is 4. The van der Waals surface area contributed by atoms with Crippen LogP contribution >= 0.6 is 24.0 Å². The summed E-state index contributed by atoms with van der Waals surface area (Å²) >= 11 is 7.54. The smallest absolute Gasteiger partial charge is 0.315 e. The maximum absolute atomic E-state index is 13.2. The van der Waals surface area contributed by atoms with Crippen molar-refractivity contribution in [2.75, 3.05) is 63.4 Å². The molecule has 5 aliphatic rings. The molecule has 0 radical (unpaired) electrons. The number of anilines is 1. The highest BCUT2D eigenvalue weighted by Crippen LogP contribution is 2.33. The third-order valence-corrected chi connectivity index (χ3v) is 12.7. The predicted molar refractivity (Wildman–Crippen MR) is 218 cm³/mol. The molecular weight excluding hydrogens is 789 g/mol. The lowest BCUT2D eigenvalue weighted by Crippen LogP contribution is -2.55. The van der Waals surface area contributed by atoms with Gasteiger partial charge in [0.15, 0.2) is 5.11 Å². The molecular formula is C38H50N10O8S2. The minimum absolute atomic E-state index is 0.00408. The molecule has 58 heavy (non-hydrogen) atoms. The van der Waals surface area contributed by atoms with E-state index in [1.807, 2.05) is 40.9 Å². The van der Waals surface area contributed by atoms with E-state index in [1.54, 1.807) is 9.80 Å². The minimum atomic E-state index is -0.533. The van der Waals surface area contributed by atoms with Crippen LogP contribution in [0.15, 0.2) is 36.4 Å². The first kappa shape index (κ1) is 42.4. The predicted octanol–water partition coefficient (Wildman–Crippen LogP) is -0.592. The lowest BCUT2D eigenvalue weighted by molar-refractivity contribution is -0.140. The fourth-order valence-corrected chi connectivity index (χ4v) is 9.46. The Morgan fingerprint density at radius 2 is 1.45 bits per heavy atom. The Morgan fingerprint density at radius 3 is 2.14 bits per heavy atom. The summed E-state index contributed by atoms with van der Waals surface area (Å²) < 4.78 is 0. The van der Waals surface area contributed by atoms with Crippen LogP contribution < -0.4 is 31.9 Å². The number of carbonyl (C=O) groups excluding carboxylic acids is 8. The van der Waals surface area contributed by atoms with Gasteiger partial charge in [-0.15, -0.1) is 0 Å². The molecule has 5 heterocycles. The lowest BCUT2D eigenvalue weighted by Gasteiger charge is -2.35. The standard InChI is InChI=1S/C38H50N10O8S2/c49-29(6-2-1-5-28-35-26(23-58-28)43-37(56)44-35)39-20-24-7-9-25(10-8-24)42-38(57)47-14-3-4-27(47)36(55)41-22-34(54)46-18-16-45(17-19-46)33(53)21-40-30(50)13-15-48-31(51)11-12-32(48)52/h7-12,26-28,35H,1-6,13-23H2,(H,39,49)(H,40,50)(H,41,55)(H,42,57)(H2,43,44,56)/t26-,27-,28-,35-/m0/s1. The van der Waals surface area contributed by atoms with Crippen molar-refractivity contribution in [3.05, 3.63) is 42.0 Å². The van der Waals surface area contributed by atoms with E-state index in [2.05, 4.69) is 31.9 Å². The lowest BCUT2D eigenvalue weighted by atomic mass is 10.0. The number of unbranched alkanes of at least 4 members (excludes halogenated alkanes) is 1. The summed E-state index contributed by atoms with van der Waals surface area (Å²) in [6, 6.07) is 7.31. The number of rotatable bonds is 16. The molecule has 20 heteroatoms. The number of fused-ring (bicyclic) bond motifs is 1. The topological polar surface area (TPSA) is 222 Å². The number of benzene rings is 1. The van der Waals surface area contributed by atoms with Gasteiger partial charge in [0, 0.05) is 87.5 Å². The van der Waals surface area contributed by atoms with E-state index in [9.17, 15) is 38.4 Å². The first-order chi connectivity index (χ1) is 27.9. The van der Waals surface area contributed by atoms with Gasteiger partial charge in [-0.3, -0.25) is 38.5 Å². The molecule has 1 aromatic rings. The molecule has 18 nitrogen and oxygen atoms in total. The van der Waals surface area contributed by atoms with Gasteiger partial charge in [0.1, 0.15) is 6.04 Å². The Kier molecular flexibility index (Phi) is 14.6. The average molecular weight is 839 g/mol. The zero-order valence-electron chi connectivity index (χ0n) is 32.2. The number of likely N-dealkylation sites (tertiary alicyclic amines) is 1. The van der Waals surface area contributed by atoms with Crippen LogP contribution in [0.5, 0.6) is 0 Å². The molecule has 5 aliphatic heterocycles. The third-order valence-electron chi connectivity index (χ3n) is 10.9. The highest BCUT2D eigenvalue weighted by atomic mass is 32.2. The van der Waals surface area contributed by atoms with Crippen LogP contribution in [-0.2, 0) is 40.1 Å². The van der Waals surface area contributed by atoms with Crippen molar-refractivity contribution in [1.29, 1.82) is 0 Å². The number of nitrogens with one attached hydrogen (secondary N) is 6. The summed E-state index contributed by atoms with van der Waals surface area (Å²) in [4.78, 5) is 104. The molecule has 312 valence electrons. The van der Waals surface area contributed by atoms with Crippen LogP contribution in [0.4, 0.5) is 10.5 Å². The SMILES string of the molecule is O=C(CCN1C(=O)C=CC1=O)NCC(=O)N1CCN(C(=O)CNC(=O)[C@@H]2CCCN2C(=S)Nc2ccc(CNC(=O)CCCC[C@@H]3SC[C@@H]4NC(=O)N[C@@H]43)cc2)CC1. The number of imide groups is 1. The summed E-state index contributed by atoms with van der Waals surface area (Å²) in [6.07, 6.45) is 6.63. The molecule has 0 aliphatic carbocycles. The van der Waals surface area contributed by atoms with Gasteiger partial charge in [-0.25, -0.2) is 4.79 Å². The molecule has 6 N–H and O–H groups in total. The van der Waals surface area contributed by atoms with Gasteiger partial charge >= 0.3 is 6.03 Å². The van der Waals surface area contributed by atoms with E-state index >= 15 is 0 Å². The van der Waals surface area contributed by atoms with Crippen molar-refractivity contribution >= 4 is 82.2 Å². The van der Waals surface area contributed by atoms with E-state index in [0.29, 0.717) is 36.3 Å². The molecule has 0 bridgehead atoms. The molecule has 0 spiro atoms. The number of piperazine rings is 1. The second kappa shape index (κ2) is 20.0. The van der Waals surface area contributed by atoms with Crippen LogP contribution in [0.1, 0.15) is 50.5 Å². The van der Waals surface area contributed by atoms with Crippen molar-refractivity contribution < 1.29 is 38.4 Å². The van der Waals surface area contributed by atoms with Gasteiger partial charge in [-0.2, -0.15) is 11.8 Å². The average Bonchev–Trinajstić information content (AvgIpc) is 4.02. The van der Waals surface area contributed by atoms with Crippen LogP contribution in [-0.4, -0.2) is 154 Å². The van der Waals surface area contributed by atoms with Crippen molar-refractivity contribution in [3.8, 4) is 0 Å². The Labute approximate surface area is 346 Å². The largest absolute Gasteiger partial charge is 0.352 e. The van der Waals surface area contributed by atoms with Crippen molar-refractivity contribution in [3.63, 3.8) is 0 Å². The zero-order valence-corrected chi connectivity index (χ0v) is 33.8. The number of hydrogen-bond donors (Lipinski definition) is 6. The van der Waals surface area contributed by atoms with Crippen LogP contribution in [0.3, 0.4) is 0 Å². The van der Waals surface area contributed by atoms with E-state index < -0.39 is 23.8 Å². The van der Waals surface area contributed by atoms with E-state index in [4.69, 9.17) is 12.2 Å². The zero-order chi connectivity index (χ0) is 41.2. The van der Waals surface area contributed by atoms with Gasteiger partial charge in [0.05, 0.1) is 25.2 Å². The first-order valence-corrected chi connectivity index (χ1v) is 21.2. The van der Waals surface area contributed by atoms with Gasteiger partial charge in [-0.05, 0) is 55.6 Å². The summed E-state index contributed by atoms with van der Waals surface area (Å²) in [6.45, 7) is 1.57. The van der Waals surface area contributed by atoms with Gasteiger partial charge < -0.3 is 46.6 Å². The van der Waals surface area contributed by atoms with E-state index in [0.717, 1.165) is 59.7 Å². The van der Waals surface area contributed by atoms with Gasteiger partial charge in [0.2, 0.25) is 29.5 Å². The van der Waals surface area contributed by atoms with Crippen LogP contribution in [0.25, 0.3) is 0 Å². The van der Waals surface area contributed by atoms with Crippen molar-refractivity contribution in [2.24, 2.45) is 0 Å². The molecule has 1 aromatic carbocycles. The van der Waals surface area contributed by atoms with Gasteiger partial charge in [0.25, 0.3) is 11.8 Å². The number of carbonyl (C=O) groups is 8. The maximum atomic E-state index is 13.2. The fourth-order valence-electron chi connectivity index (χ4n) is 7.58. The highest BCUT2D eigenvalue weighted by Gasteiger charge is 2.42. The molecule has 9 amide bonds. The molecule has 0 unspecified atom stereocenters. The monoisotopic (exact) mass is 838 g/mol. The number of thiocarbonyl (C=S) groups is 1. The summed E-state index contributed by atoms with van der Waals surface area (Å²) in [5, 5.41) is 18.2. The number of urea groups is 1. The number of hydrogen-bond acceptors (Lipinski definition) is 10. The fraction of sp³-hybridized carbons (Fsp3) is 0.553. The van der Waals surface area contributed by atoms with Crippen molar-refractivity contribution in [1.82, 2.24) is 46.2 Å². The van der Waals surface area contributed by atoms with E-state index in [1.165, 1.54) is 0 Å². The molecule has 0 saturated carbocycles. The minimum Gasteiger partial charge on any atom is -0.352 e. The second-order valence-electron chi connectivity index (χ2n) is 14.8. The second-order valence-corrected chi connectivity index (χ2v) is 16.4. The molecule has 0 aromatic heterocycles. The normalized spacial score (nSPS) is 22.4. The molecule has 4 atom stereocenters. The number of thioether (sulfide) groups is 1. The van der Waals surface area contributed by atoms with Gasteiger partial charge in [-0.1, -0.05) is 18.6 Å². The maximum Gasteiger partial charge on any atom is 0.315 e. The summed E-state index contributed by atoms with van der Waals surface area (Å²) in [5.41, 5.74) is 1.68. The van der Waals surface area contributed by atoms with Crippen LogP contribution in [0, 0.1) is 0 Å². The van der Waals surface area contributed by atoms with Crippen molar-refractivity contribution in [2.45, 2.75) is 74.9 Å².